The maximum Gasteiger partial charge on any atom is 0.170 e. The highest BCUT2D eigenvalue weighted by Gasteiger charge is 2.03. The Bertz CT molecular complexity index is 646. The van der Waals surface area contributed by atoms with E-state index >= 15 is 0 Å². The molecule has 2 aromatic rings. The molecule has 4 N–H and O–H groups in total. The van der Waals surface area contributed by atoms with Gasteiger partial charge < -0.3 is 16.3 Å². The molecule has 0 aliphatic heterocycles. The molecule has 0 heterocycles. The van der Waals surface area contributed by atoms with E-state index in [4.69, 9.17) is 10.9 Å². The molecule has 0 saturated heterocycles. The zero-order chi connectivity index (χ0) is 14.5. The van der Waals surface area contributed by atoms with Crippen LogP contribution in [0.15, 0.2) is 52.1 Å². The molecule has 0 bridgehead atoms. The minimum Gasteiger partial charge on any atom is -0.409 e. The first-order valence-corrected chi connectivity index (χ1v) is 6.65. The van der Waals surface area contributed by atoms with Gasteiger partial charge in [0.05, 0.1) is 5.69 Å². The Morgan fingerprint density at radius 1 is 1.30 bits per heavy atom. The van der Waals surface area contributed by atoms with E-state index in [1.807, 2.05) is 12.1 Å². The lowest BCUT2D eigenvalue weighted by atomic mass is 10.1. The average molecular weight is 338 g/mol. The van der Waals surface area contributed by atoms with Gasteiger partial charge in [0, 0.05) is 16.6 Å². The SMILES string of the molecule is N/C(=N/O)c1cccc(CNc2cc(F)ccc2Br)c1. The zero-order valence-corrected chi connectivity index (χ0v) is 12.1. The summed E-state index contributed by atoms with van der Waals surface area (Å²) >= 11 is 3.35. The van der Waals surface area contributed by atoms with Crippen molar-refractivity contribution in [1.82, 2.24) is 0 Å². The second-order valence-electron chi connectivity index (χ2n) is 4.16. The summed E-state index contributed by atoms with van der Waals surface area (Å²) < 4.78 is 14.0. The lowest BCUT2D eigenvalue weighted by molar-refractivity contribution is 0.318. The van der Waals surface area contributed by atoms with E-state index in [9.17, 15) is 4.39 Å². The fraction of sp³-hybridized carbons (Fsp3) is 0.0714. The summed E-state index contributed by atoms with van der Waals surface area (Å²) in [5.74, 6) is -0.250. The number of hydrogen-bond donors (Lipinski definition) is 3. The van der Waals surface area contributed by atoms with E-state index in [0.29, 0.717) is 17.8 Å². The highest BCUT2D eigenvalue weighted by atomic mass is 79.9. The Labute approximate surface area is 124 Å². The molecule has 0 spiro atoms. The summed E-state index contributed by atoms with van der Waals surface area (Å²) in [7, 11) is 0. The molecule has 0 aromatic heterocycles. The van der Waals surface area contributed by atoms with Crippen LogP contribution in [0, 0.1) is 5.82 Å². The third kappa shape index (κ3) is 3.48. The molecular weight excluding hydrogens is 325 g/mol. The summed E-state index contributed by atoms with van der Waals surface area (Å²) in [5.41, 5.74) is 7.77. The highest BCUT2D eigenvalue weighted by molar-refractivity contribution is 9.10. The lowest BCUT2D eigenvalue weighted by Gasteiger charge is -2.09. The van der Waals surface area contributed by atoms with Gasteiger partial charge >= 0.3 is 0 Å². The molecule has 0 fully saturated rings. The quantitative estimate of drug-likeness (QED) is 0.347. The van der Waals surface area contributed by atoms with Gasteiger partial charge in [-0.1, -0.05) is 23.4 Å². The number of rotatable bonds is 4. The Morgan fingerprint density at radius 3 is 2.85 bits per heavy atom. The molecule has 0 unspecified atom stereocenters. The molecule has 4 nitrogen and oxygen atoms in total. The van der Waals surface area contributed by atoms with Gasteiger partial charge in [-0.25, -0.2) is 4.39 Å². The van der Waals surface area contributed by atoms with Crippen LogP contribution in [-0.4, -0.2) is 11.0 Å². The van der Waals surface area contributed by atoms with Crippen molar-refractivity contribution in [2.24, 2.45) is 10.9 Å². The lowest BCUT2D eigenvalue weighted by Crippen LogP contribution is -2.13. The van der Waals surface area contributed by atoms with Gasteiger partial charge in [0.15, 0.2) is 5.84 Å². The van der Waals surface area contributed by atoms with Crippen LogP contribution in [-0.2, 0) is 6.54 Å². The number of amidine groups is 1. The number of halogens is 2. The van der Waals surface area contributed by atoms with Crippen LogP contribution in [0.5, 0.6) is 0 Å². The predicted molar refractivity (Wildman–Crippen MR) is 80.4 cm³/mol. The third-order valence-corrected chi connectivity index (χ3v) is 3.43. The molecule has 0 atom stereocenters. The Morgan fingerprint density at radius 2 is 2.10 bits per heavy atom. The van der Waals surface area contributed by atoms with Crippen molar-refractivity contribution in [3.63, 3.8) is 0 Å². The number of hydrogen-bond acceptors (Lipinski definition) is 3. The van der Waals surface area contributed by atoms with E-state index in [2.05, 4.69) is 26.4 Å². The minimum absolute atomic E-state index is 0.0544. The van der Waals surface area contributed by atoms with Crippen molar-refractivity contribution in [3.05, 3.63) is 63.9 Å². The monoisotopic (exact) mass is 337 g/mol. The van der Waals surface area contributed by atoms with Crippen molar-refractivity contribution in [2.45, 2.75) is 6.54 Å². The van der Waals surface area contributed by atoms with E-state index in [1.165, 1.54) is 12.1 Å². The third-order valence-electron chi connectivity index (χ3n) is 2.74. The van der Waals surface area contributed by atoms with E-state index < -0.39 is 0 Å². The molecule has 6 heteroatoms. The van der Waals surface area contributed by atoms with Gasteiger partial charge in [0.1, 0.15) is 5.82 Å². The normalized spacial score (nSPS) is 11.4. The molecule has 104 valence electrons. The van der Waals surface area contributed by atoms with Crippen LogP contribution in [0.2, 0.25) is 0 Å². The Kier molecular flexibility index (Phi) is 4.57. The first kappa shape index (κ1) is 14.3. The summed E-state index contributed by atoms with van der Waals surface area (Å²) in [6.07, 6.45) is 0. The summed E-state index contributed by atoms with van der Waals surface area (Å²) in [4.78, 5) is 0. The van der Waals surface area contributed by atoms with Crippen molar-refractivity contribution in [2.75, 3.05) is 5.32 Å². The molecule has 0 aliphatic carbocycles. The number of benzene rings is 2. The van der Waals surface area contributed by atoms with Crippen molar-refractivity contribution < 1.29 is 9.60 Å². The number of anilines is 1. The molecule has 2 aromatic carbocycles. The first-order chi connectivity index (χ1) is 9.60. The number of nitrogens with one attached hydrogen (secondary N) is 1. The van der Waals surface area contributed by atoms with Crippen LogP contribution < -0.4 is 11.1 Å². The van der Waals surface area contributed by atoms with Crippen LogP contribution in [0.4, 0.5) is 10.1 Å². The van der Waals surface area contributed by atoms with Gasteiger partial charge in [0.2, 0.25) is 0 Å². The molecule has 0 saturated carbocycles. The average Bonchev–Trinajstić information content (AvgIpc) is 2.47. The molecular formula is C14H13BrFN3O. The number of nitrogens with zero attached hydrogens (tertiary/aromatic N) is 1. The van der Waals surface area contributed by atoms with E-state index in [-0.39, 0.29) is 11.7 Å². The van der Waals surface area contributed by atoms with E-state index in [0.717, 1.165) is 10.0 Å². The summed E-state index contributed by atoms with van der Waals surface area (Å²) in [6, 6.07) is 11.7. The second kappa shape index (κ2) is 6.38. The van der Waals surface area contributed by atoms with Gasteiger partial charge in [-0.3, -0.25) is 0 Å². The predicted octanol–water partition coefficient (Wildman–Crippen LogP) is 3.29. The fourth-order valence-corrected chi connectivity index (χ4v) is 2.12. The molecule has 20 heavy (non-hydrogen) atoms. The van der Waals surface area contributed by atoms with E-state index in [1.54, 1.807) is 18.2 Å². The van der Waals surface area contributed by atoms with Gasteiger partial charge in [0.25, 0.3) is 0 Å². The largest absolute Gasteiger partial charge is 0.409 e. The van der Waals surface area contributed by atoms with Gasteiger partial charge in [-0.2, -0.15) is 0 Å². The smallest absolute Gasteiger partial charge is 0.170 e. The van der Waals surface area contributed by atoms with Crippen LogP contribution in [0.25, 0.3) is 0 Å². The number of oxime groups is 1. The standard InChI is InChI=1S/C14H13BrFN3O/c15-12-5-4-11(16)7-13(12)18-8-9-2-1-3-10(6-9)14(17)19-20/h1-7,18,20H,8H2,(H2,17,19). The second-order valence-corrected chi connectivity index (χ2v) is 5.02. The maximum atomic E-state index is 13.2. The zero-order valence-electron chi connectivity index (χ0n) is 10.5. The summed E-state index contributed by atoms with van der Waals surface area (Å²) in [6.45, 7) is 0.495. The molecule has 2 rings (SSSR count). The van der Waals surface area contributed by atoms with Crippen molar-refractivity contribution >= 4 is 27.5 Å². The highest BCUT2D eigenvalue weighted by Crippen LogP contribution is 2.23. The van der Waals surface area contributed by atoms with Crippen LogP contribution in [0.3, 0.4) is 0 Å². The topological polar surface area (TPSA) is 70.6 Å². The molecule has 0 radical (unpaired) electrons. The van der Waals surface area contributed by atoms with Crippen LogP contribution in [0.1, 0.15) is 11.1 Å². The van der Waals surface area contributed by atoms with Gasteiger partial charge in [-0.05, 0) is 45.8 Å². The Balaban J connectivity index is 2.13. The van der Waals surface area contributed by atoms with Crippen molar-refractivity contribution in [3.8, 4) is 0 Å². The maximum absolute atomic E-state index is 13.2. The molecule has 0 amide bonds. The fourth-order valence-electron chi connectivity index (χ4n) is 1.73. The summed E-state index contributed by atoms with van der Waals surface area (Å²) in [5, 5.41) is 14.7. The number of nitrogens with two attached hydrogens (primary N) is 1. The first-order valence-electron chi connectivity index (χ1n) is 5.86. The molecule has 0 aliphatic rings. The van der Waals surface area contributed by atoms with Gasteiger partial charge in [-0.15, -0.1) is 0 Å². The van der Waals surface area contributed by atoms with Crippen molar-refractivity contribution in [1.29, 1.82) is 0 Å². The Hall–Kier alpha value is -2.08. The minimum atomic E-state index is -0.305. The van der Waals surface area contributed by atoms with Crippen LogP contribution >= 0.6 is 15.9 Å².